The fourth-order valence-electron chi connectivity index (χ4n) is 4.95. The van der Waals surface area contributed by atoms with Gasteiger partial charge in [0.05, 0.1) is 30.4 Å². The number of benzene rings is 2. The number of amides is 2. The Hall–Kier alpha value is -3.08. The van der Waals surface area contributed by atoms with E-state index in [0.29, 0.717) is 0 Å². The second-order valence-corrected chi connectivity index (χ2v) is 10.8. The molecule has 34 heavy (non-hydrogen) atoms. The Morgan fingerprint density at radius 1 is 1.06 bits per heavy atom. The molecular formula is C24H27N3O6S. The van der Waals surface area contributed by atoms with Crippen molar-refractivity contribution in [3.8, 4) is 0 Å². The second kappa shape index (κ2) is 8.94. The Bertz CT molecular complexity index is 1200. The molecule has 2 saturated heterocycles. The van der Waals surface area contributed by atoms with E-state index in [1.807, 2.05) is 30.3 Å². The fraction of sp³-hybridized carbons (Fsp3) is 0.375. The van der Waals surface area contributed by atoms with Crippen molar-refractivity contribution in [1.82, 2.24) is 14.5 Å². The summed E-state index contributed by atoms with van der Waals surface area (Å²) >= 11 is 0. The van der Waals surface area contributed by atoms with Crippen molar-refractivity contribution in [2.75, 3.05) is 20.7 Å². The zero-order chi connectivity index (χ0) is 24.7. The lowest BCUT2D eigenvalue weighted by Crippen LogP contribution is -2.56. The van der Waals surface area contributed by atoms with Gasteiger partial charge in [0.1, 0.15) is 5.54 Å². The Morgan fingerprint density at radius 2 is 1.65 bits per heavy atom. The summed E-state index contributed by atoms with van der Waals surface area (Å²) in [6, 6.07) is 16.3. The molecule has 2 heterocycles. The summed E-state index contributed by atoms with van der Waals surface area (Å²) in [4.78, 5) is 40.9. The largest absolute Gasteiger partial charge is 0.468 e. The highest BCUT2D eigenvalue weighted by Crippen LogP contribution is 2.44. The molecule has 2 aromatic carbocycles. The minimum atomic E-state index is -3.84. The number of methoxy groups -OCH3 is 1. The Kier molecular flexibility index (Phi) is 6.32. The number of ether oxygens (including phenoxy) is 1. The van der Waals surface area contributed by atoms with Gasteiger partial charge in [-0.15, -0.1) is 0 Å². The highest BCUT2D eigenvalue weighted by atomic mass is 32.2. The number of sulfonamides is 1. The molecule has 2 fully saturated rings. The Labute approximate surface area is 198 Å². The Morgan fingerprint density at radius 3 is 2.24 bits per heavy atom. The standard InChI is InChI=1S/C24H27N3O6S/c1-24(23(30)33-3)20-19(21(28)27(22(20)29)14-16-10-6-4-7-11-16)18(25-24)15-26(2)34(31,32)17-12-8-5-9-13-17/h4-13,18-20,25H,14-15H2,1-3H3/t18-,19+,20-,24-/m1/s1. The predicted octanol–water partition coefficient (Wildman–Crippen LogP) is 1.01. The van der Waals surface area contributed by atoms with E-state index in [2.05, 4.69) is 5.32 Å². The first-order chi connectivity index (χ1) is 16.1. The molecule has 2 aliphatic rings. The zero-order valence-electron chi connectivity index (χ0n) is 19.2. The van der Waals surface area contributed by atoms with Crippen LogP contribution < -0.4 is 5.32 Å². The first kappa shape index (κ1) is 24.1. The molecular weight excluding hydrogens is 458 g/mol. The third kappa shape index (κ3) is 3.91. The molecule has 2 aliphatic heterocycles. The first-order valence-electron chi connectivity index (χ1n) is 10.9. The SMILES string of the molecule is COC(=O)[C@]1(C)N[C@H](CN(C)S(=O)(=O)c2ccccc2)[C@@H]2C(=O)N(Cc3ccccc3)C(=O)[C@@H]21. The lowest BCUT2D eigenvalue weighted by molar-refractivity contribution is -0.153. The van der Waals surface area contributed by atoms with Crippen LogP contribution in [-0.2, 0) is 35.7 Å². The number of imide groups is 1. The second-order valence-electron chi connectivity index (χ2n) is 8.80. The number of esters is 1. The maximum absolute atomic E-state index is 13.5. The van der Waals surface area contributed by atoms with E-state index in [4.69, 9.17) is 4.74 Å². The zero-order valence-corrected chi connectivity index (χ0v) is 20.0. The molecule has 9 nitrogen and oxygen atoms in total. The minimum Gasteiger partial charge on any atom is -0.468 e. The van der Waals surface area contributed by atoms with Crippen molar-refractivity contribution in [2.24, 2.45) is 11.8 Å². The third-order valence-corrected chi connectivity index (χ3v) is 8.52. The van der Waals surface area contributed by atoms with Gasteiger partial charge in [-0.1, -0.05) is 48.5 Å². The number of carbonyl (C=O) groups excluding carboxylic acids is 3. The number of likely N-dealkylation sites (tertiary alicyclic amines) is 1. The van der Waals surface area contributed by atoms with Gasteiger partial charge in [-0.05, 0) is 24.6 Å². The topological polar surface area (TPSA) is 113 Å². The fourth-order valence-corrected chi connectivity index (χ4v) is 6.17. The van der Waals surface area contributed by atoms with E-state index in [1.54, 1.807) is 18.2 Å². The number of nitrogens with zero attached hydrogens (tertiary/aromatic N) is 2. The lowest BCUT2D eigenvalue weighted by atomic mass is 9.81. The van der Waals surface area contributed by atoms with Crippen molar-refractivity contribution in [3.63, 3.8) is 0 Å². The molecule has 0 unspecified atom stereocenters. The van der Waals surface area contributed by atoms with Gasteiger partial charge in [0, 0.05) is 19.6 Å². The summed E-state index contributed by atoms with van der Waals surface area (Å²) in [6.07, 6.45) is 0. The summed E-state index contributed by atoms with van der Waals surface area (Å²) in [6.45, 7) is 1.50. The van der Waals surface area contributed by atoms with E-state index in [9.17, 15) is 22.8 Å². The Balaban J connectivity index is 1.66. The highest BCUT2D eigenvalue weighted by Gasteiger charge is 2.66. The van der Waals surface area contributed by atoms with Crippen LogP contribution in [0.2, 0.25) is 0 Å². The monoisotopic (exact) mass is 485 g/mol. The average Bonchev–Trinajstić information content (AvgIpc) is 3.28. The smallest absolute Gasteiger partial charge is 0.326 e. The van der Waals surface area contributed by atoms with Crippen LogP contribution in [-0.4, -0.2) is 67.7 Å². The average molecular weight is 486 g/mol. The highest BCUT2D eigenvalue weighted by molar-refractivity contribution is 7.89. The molecule has 0 aliphatic carbocycles. The van der Waals surface area contributed by atoms with E-state index >= 15 is 0 Å². The van der Waals surface area contributed by atoms with Crippen molar-refractivity contribution < 1.29 is 27.5 Å². The molecule has 2 aromatic rings. The van der Waals surface area contributed by atoms with Crippen LogP contribution >= 0.6 is 0 Å². The maximum Gasteiger partial charge on any atom is 0.326 e. The van der Waals surface area contributed by atoms with Gasteiger partial charge in [0.25, 0.3) is 0 Å². The van der Waals surface area contributed by atoms with Crippen LogP contribution in [0.4, 0.5) is 0 Å². The van der Waals surface area contributed by atoms with Crippen molar-refractivity contribution >= 4 is 27.8 Å². The van der Waals surface area contributed by atoms with Crippen molar-refractivity contribution in [2.45, 2.75) is 29.9 Å². The number of likely N-dealkylation sites (N-methyl/N-ethyl adjacent to an activating group) is 1. The van der Waals surface area contributed by atoms with Gasteiger partial charge in [-0.3, -0.25) is 24.6 Å². The van der Waals surface area contributed by atoms with Gasteiger partial charge in [0.15, 0.2) is 0 Å². The number of carbonyl (C=O) groups is 3. The van der Waals surface area contributed by atoms with Crippen LogP contribution in [0.5, 0.6) is 0 Å². The molecule has 4 rings (SSSR count). The number of hydrogen-bond acceptors (Lipinski definition) is 7. The summed E-state index contributed by atoms with van der Waals surface area (Å²) in [5, 5.41) is 3.07. The number of hydrogen-bond donors (Lipinski definition) is 1. The van der Waals surface area contributed by atoms with Crippen LogP contribution in [0.25, 0.3) is 0 Å². The lowest BCUT2D eigenvalue weighted by Gasteiger charge is -2.29. The summed E-state index contributed by atoms with van der Waals surface area (Å²) in [7, 11) is -1.22. The molecule has 0 spiro atoms. The summed E-state index contributed by atoms with van der Waals surface area (Å²) in [5.41, 5.74) is -0.697. The van der Waals surface area contributed by atoms with Crippen LogP contribution in [0.3, 0.4) is 0 Å². The third-order valence-electron chi connectivity index (χ3n) is 6.68. The molecule has 10 heteroatoms. The van der Waals surface area contributed by atoms with Gasteiger partial charge >= 0.3 is 5.97 Å². The van der Waals surface area contributed by atoms with Gasteiger partial charge in [-0.2, -0.15) is 4.31 Å². The molecule has 1 N–H and O–H groups in total. The normalized spacial score (nSPS) is 26.7. The minimum absolute atomic E-state index is 0.0770. The van der Waals surface area contributed by atoms with E-state index in [1.165, 1.54) is 33.2 Å². The number of fused-ring (bicyclic) bond motifs is 1. The van der Waals surface area contributed by atoms with Gasteiger partial charge in [-0.25, -0.2) is 8.42 Å². The number of rotatable bonds is 7. The van der Waals surface area contributed by atoms with Crippen LogP contribution in [0.1, 0.15) is 12.5 Å². The van der Waals surface area contributed by atoms with Gasteiger partial charge in [0.2, 0.25) is 21.8 Å². The molecule has 4 atom stereocenters. The van der Waals surface area contributed by atoms with Crippen molar-refractivity contribution in [1.29, 1.82) is 0 Å². The van der Waals surface area contributed by atoms with E-state index in [0.717, 1.165) is 14.8 Å². The first-order valence-corrected chi connectivity index (χ1v) is 12.3. The van der Waals surface area contributed by atoms with E-state index in [-0.39, 0.29) is 18.0 Å². The van der Waals surface area contributed by atoms with Crippen molar-refractivity contribution in [3.05, 3.63) is 66.2 Å². The van der Waals surface area contributed by atoms with Crippen LogP contribution in [0.15, 0.2) is 65.6 Å². The van der Waals surface area contributed by atoms with Crippen LogP contribution in [0, 0.1) is 11.8 Å². The molecule has 2 amide bonds. The number of nitrogens with one attached hydrogen (secondary N) is 1. The molecule has 180 valence electrons. The van der Waals surface area contributed by atoms with Gasteiger partial charge < -0.3 is 4.74 Å². The van der Waals surface area contributed by atoms with E-state index < -0.39 is 51.2 Å². The summed E-state index contributed by atoms with van der Waals surface area (Å²) in [5.74, 6) is -3.51. The summed E-state index contributed by atoms with van der Waals surface area (Å²) < 4.78 is 32.2. The molecule has 0 saturated carbocycles. The quantitative estimate of drug-likeness (QED) is 0.460. The molecule has 0 radical (unpaired) electrons. The molecule has 0 bridgehead atoms. The molecule has 0 aromatic heterocycles. The predicted molar refractivity (Wildman–Crippen MR) is 123 cm³/mol. The maximum atomic E-state index is 13.5.